The second-order valence-corrected chi connectivity index (χ2v) is 10.7. The molecular formula is C23H52O9P2. The molecule has 0 aromatic heterocycles. The number of aliphatic hydroxyl groups excluding tert-OH is 4. The lowest BCUT2D eigenvalue weighted by molar-refractivity contribution is -0.0328. The smallest absolute Gasteiger partial charge is 0.337 e. The van der Waals surface area contributed by atoms with Crippen molar-refractivity contribution in [1.29, 1.82) is 0 Å². The molecule has 0 saturated carbocycles. The van der Waals surface area contributed by atoms with Gasteiger partial charge < -0.3 is 39.6 Å². The number of unbranched alkanes of at least 4 members (excludes halogenated alkanes) is 15. The number of hydrogen-bond donors (Lipinski definition) is 7. The highest BCUT2D eigenvalue weighted by molar-refractivity contribution is 7.54. The van der Waals surface area contributed by atoms with Crippen LogP contribution in [-0.2, 0) is 8.83 Å². The van der Waals surface area contributed by atoms with Gasteiger partial charge in [-0.2, -0.15) is 0 Å². The predicted molar refractivity (Wildman–Crippen MR) is 138 cm³/mol. The lowest BCUT2D eigenvalue weighted by Gasteiger charge is -2.23. The minimum atomic E-state index is -2.53. The molecule has 0 aromatic carbocycles. The topological polar surface area (TPSA) is 160 Å². The molecule has 1 unspecified atom stereocenters. The summed E-state index contributed by atoms with van der Waals surface area (Å²) < 4.78 is 9.32. The third-order valence-corrected chi connectivity index (χ3v) is 7.23. The maximum absolute atomic E-state index is 9.16. The van der Waals surface area contributed by atoms with Crippen molar-refractivity contribution in [1.82, 2.24) is 0 Å². The molecule has 0 aliphatic heterocycles. The van der Waals surface area contributed by atoms with Gasteiger partial charge in [-0.3, -0.25) is 0 Å². The Labute approximate surface area is 209 Å². The van der Waals surface area contributed by atoms with Gasteiger partial charge in [-0.15, -0.1) is 0 Å². The third kappa shape index (κ3) is 25.6. The number of aliphatic hydroxyl groups is 4. The van der Waals surface area contributed by atoms with Crippen LogP contribution in [0.1, 0.15) is 110 Å². The highest BCUT2D eigenvalue weighted by atomic mass is 31.2. The van der Waals surface area contributed by atoms with Gasteiger partial charge in [-0.1, -0.05) is 103 Å². The summed E-state index contributed by atoms with van der Waals surface area (Å²) in [5.74, 6) is 0. The summed E-state index contributed by atoms with van der Waals surface area (Å²) in [5, 5.41) is 34.0. The van der Waals surface area contributed by atoms with Crippen molar-refractivity contribution >= 4 is 17.2 Å². The Morgan fingerprint density at radius 3 is 1.12 bits per heavy atom. The van der Waals surface area contributed by atoms with E-state index in [0.29, 0.717) is 6.61 Å². The molecule has 0 spiro atoms. The number of hydrogen-bond acceptors (Lipinski definition) is 9. The molecule has 208 valence electrons. The van der Waals surface area contributed by atoms with Crippen LogP contribution in [0.3, 0.4) is 0 Å². The molecule has 0 heterocycles. The molecule has 0 amide bonds. The second-order valence-electron chi connectivity index (χ2n) is 8.84. The van der Waals surface area contributed by atoms with Gasteiger partial charge in [0.2, 0.25) is 0 Å². The first-order valence-electron chi connectivity index (χ1n) is 12.8. The minimum Gasteiger partial charge on any atom is -0.396 e. The highest BCUT2D eigenvalue weighted by Gasteiger charge is 2.26. The lowest BCUT2D eigenvalue weighted by Crippen LogP contribution is -2.37. The Bertz CT molecular complexity index is 372. The molecule has 34 heavy (non-hydrogen) atoms. The van der Waals surface area contributed by atoms with Crippen LogP contribution >= 0.6 is 17.2 Å². The van der Waals surface area contributed by atoms with Crippen LogP contribution in [0.5, 0.6) is 0 Å². The largest absolute Gasteiger partial charge is 0.396 e. The van der Waals surface area contributed by atoms with Crippen molar-refractivity contribution < 1.29 is 43.9 Å². The first-order chi connectivity index (χ1) is 16.4. The zero-order valence-electron chi connectivity index (χ0n) is 21.2. The van der Waals surface area contributed by atoms with E-state index >= 15 is 0 Å². The van der Waals surface area contributed by atoms with Gasteiger partial charge in [0.15, 0.2) is 0 Å². The Morgan fingerprint density at radius 1 is 0.529 bits per heavy atom. The van der Waals surface area contributed by atoms with Crippen LogP contribution in [0.4, 0.5) is 0 Å². The van der Waals surface area contributed by atoms with Crippen LogP contribution in [-0.4, -0.2) is 68.1 Å². The summed E-state index contributed by atoms with van der Waals surface area (Å²) in [4.78, 5) is 26.2. The van der Waals surface area contributed by atoms with Gasteiger partial charge in [-0.05, 0) is 6.42 Å². The van der Waals surface area contributed by atoms with E-state index in [1.165, 1.54) is 89.9 Å². The van der Waals surface area contributed by atoms with Crippen LogP contribution in [0.15, 0.2) is 0 Å². The molecule has 1 atom stereocenters. The van der Waals surface area contributed by atoms with Crippen LogP contribution in [0, 0.1) is 5.41 Å². The SMILES string of the molecule is CCCCCCCCCCCCCCCCCCOP(O)OP(O)O.OCC(CO)(CO)CO. The standard InChI is InChI=1S/C18H40O5P2.C5H12O4/c1-2-3-4-5-6-7-8-9-10-11-12-13-14-15-16-17-18-22-25(21)23-24(19)20;6-1-5(2-7,3-8)4-9/h19-21H,2-18H2,1H3;6-9H,1-4H2. The van der Waals surface area contributed by atoms with E-state index in [2.05, 4.69) is 11.2 Å². The summed E-state index contributed by atoms with van der Waals surface area (Å²) >= 11 is 0. The Kier molecular flexibility index (Phi) is 30.3. The molecule has 0 fully saturated rings. The first kappa shape index (κ1) is 36.7. The normalized spacial score (nSPS) is 12.6. The van der Waals surface area contributed by atoms with Gasteiger partial charge in [-0.25, -0.2) is 4.31 Å². The zero-order valence-corrected chi connectivity index (χ0v) is 23.0. The summed E-state index contributed by atoms with van der Waals surface area (Å²) in [6, 6.07) is 0. The molecule has 0 saturated heterocycles. The molecule has 0 aliphatic rings. The average Bonchev–Trinajstić information content (AvgIpc) is 2.83. The highest BCUT2D eigenvalue weighted by Crippen LogP contribution is 2.46. The fourth-order valence-corrected chi connectivity index (χ4v) is 4.15. The van der Waals surface area contributed by atoms with Gasteiger partial charge in [0.1, 0.15) is 0 Å². The monoisotopic (exact) mass is 534 g/mol. The lowest BCUT2D eigenvalue weighted by atomic mass is 9.93. The summed E-state index contributed by atoms with van der Waals surface area (Å²) in [6.07, 6.45) is 21.1. The fourth-order valence-electron chi connectivity index (χ4n) is 3.18. The third-order valence-electron chi connectivity index (χ3n) is 5.68. The van der Waals surface area contributed by atoms with E-state index in [0.717, 1.165) is 12.8 Å². The second kappa shape index (κ2) is 28.1. The van der Waals surface area contributed by atoms with Crippen LogP contribution in [0.25, 0.3) is 0 Å². The average molecular weight is 535 g/mol. The predicted octanol–water partition coefficient (Wildman–Crippen LogP) is 4.65. The minimum absolute atomic E-state index is 0.406. The van der Waals surface area contributed by atoms with E-state index in [4.69, 9.17) is 39.6 Å². The Hall–Kier alpha value is 0.500. The van der Waals surface area contributed by atoms with E-state index in [9.17, 15) is 0 Å². The van der Waals surface area contributed by atoms with Crippen molar-refractivity contribution in [2.24, 2.45) is 5.41 Å². The van der Waals surface area contributed by atoms with Gasteiger partial charge in [0, 0.05) is 0 Å². The van der Waals surface area contributed by atoms with E-state index in [1.807, 2.05) is 0 Å². The van der Waals surface area contributed by atoms with Crippen molar-refractivity contribution in [3.63, 3.8) is 0 Å². The Morgan fingerprint density at radius 2 is 0.853 bits per heavy atom. The molecular weight excluding hydrogens is 482 g/mol. The maximum atomic E-state index is 9.16. The molecule has 0 aromatic rings. The van der Waals surface area contributed by atoms with E-state index in [1.54, 1.807) is 0 Å². The van der Waals surface area contributed by atoms with Crippen molar-refractivity contribution in [2.75, 3.05) is 33.0 Å². The molecule has 7 N–H and O–H groups in total. The zero-order chi connectivity index (χ0) is 25.9. The van der Waals surface area contributed by atoms with Gasteiger partial charge in [0.05, 0.1) is 38.4 Å². The quantitative estimate of drug-likeness (QED) is 0.0690. The van der Waals surface area contributed by atoms with Crippen LogP contribution in [0.2, 0.25) is 0 Å². The summed E-state index contributed by atoms with van der Waals surface area (Å²) in [6.45, 7) is 1.05. The molecule has 11 heteroatoms. The Balaban J connectivity index is 0. The summed E-state index contributed by atoms with van der Waals surface area (Å²) in [5.41, 5.74) is -1.11. The first-order valence-corrected chi connectivity index (χ1v) is 15.1. The van der Waals surface area contributed by atoms with E-state index < -0.39 is 49.0 Å². The molecule has 0 rings (SSSR count). The van der Waals surface area contributed by atoms with Crippen LogP contribution < -0.4 is 0 Å². The van der Waals surface area contributed by atoms with Crippen molar-refractivity contribution in [3.8, 4) is 0 Å². The van der Waals surface area contributed by atoms with E-state index in [-0.39, 0.29) is 0 Å². The summed E-state index contributed by atoms with van der Waals surface area (Å²) in [7, 11) is -4.67. The molecule has 0 aliphatic carbocycles. The molecule has 0 bridgehead atoms. The molecule has 9 nitrogen and oxygen atoms in total. The van der Waals surface area contributed by atoms with Crippen molar-refractivity contribution in [3.05, 3.63) is 0 Å². The van der Waals surface area contributed by atoms with Crippen molar-refractivity contribution in [2.45, 2.75) is 110 Å². The van der Waals surface area contributed by atoms with Gasteiger partial charge in [0.25, 0.3) is 0 Å². The fraction of sp³-hybridized carbons (Fsp3) is 1.00. The number of rotatable bonds is 24. The maximum Gasteiger partial charge on any atom is 0.337 e. The molecule has 0 radical (unpaired) electrons. The van der Waals surface area contributed by atoms with Gasteiger partial charge >= 0.3 is 17.2 Å².